The number of benzene rings is 1. The van der Waals surface area contributed by atoms with Gasteiger partial charge in [0.05, 0.1) is 0 Å². The Hall–Kier alpha value is -1.46. The second-order valence-corrected chi connectivity index (χ2v) is 5.63. The van der Waals surface area contributed by atoms with E-state index in [9.17, 15) is 4.39 Å². The number of nitrogens with zero attached hydrogens (tertiary/aromatic N) is 1. The minimum Gasteiger partial charge on any atom is -0.436 e. The van der Waals surface area contributed by atoms with Gasteiger partial charge in [-0.25, -0.2) is 9.37 Å². The number of hydrogen-bond donors (Lipinski definition) is 1. The lowest BCUT2D eigenvalue weighted by Crippen LogP contribution is -2.21. The van der Waals surface area contributed by atoms with Crippen molar-refractivity contribution in [2.75, 3.05) is 0 Å². The Labute approximate surface area is 126 Å². The molecular weight excluding hydrogens is 323 g/mol. The van der Waals surface area contributed by atoms with Crippen LogP contribution in [0.15, 0.2) is 41.0 Å². The average molecular weight is 339 g/mol. The van der Waals surface area contributed by atoms with Crippen molar-refractivity contribution >= 4 is 15.9 Å². The number of halogens is 2. The van der Waals surface area contributed by atoms with Crippen LogP contribution in [0.2, 0.25) is 0 Å². The number of ether oxygens (including phenoxy) is 1. The van der Waals surface area contributed by atoms with Crippen molar-refractivity contribution in [1.29, 1.82) is 0 Å². The molecule has 0 aliphatic rings. The second-order valence-electron chi connectivity index (χ2n) is 4.72. The van der Waals surface area contributed by atoms with E-state index in [2.05, 4.69) is 40.1 Å². The van der Waals surface area contributed by atoms with E-state index in [1.165, 1.54) is 6.07 Å². The number of rotatable bonds is 5. The molecule has 2 rings (SSSR count). The smallest absolute Gasteiger partial charge is 0.219 e. The Morgan fingerprint density at radius 1 is 1.30 bits per heavy atom. The highest BCUT2D eigenvalue weighted by molar-refractivity contribution is 9.10. The summed E-state index contributed by atoms with van der Waals surface area (Å²) in [6.45, 7) is 4.91. The third-order valence-corrected chi connectivity index (χ3v) is 3.11. The first-order valence-electron chi connectivity index (χ1n) is 6.36. The van der Waals surface area contributed by atoms with Crippen LogP contribution in [0.4, 0.5) is 4.39 Å². The fraction of sp³-hybridized carbons (Fsp3) is 0.267. The van der Waals surface area contributed by atoms with Crippen LogP contribution in [0.3, 0.4) is 0 Å². The lowest BCUT2D eigenvalue weighted by molar-refractivity contribution is 0.426. The molecule has 20 heavy (non-hydrogen) atoms. The number of nitrogens with one attached hydrogen (secondary N) is 1. The SMILES string of the molecule is CC(C)NCc1ccc(Oc2cc(Br)ccc2F)nc1. The lowest BCUT2D eigenvalue weighted by atomic mass is 10.2. The molecule has 1 N–H and O–H groups in total. The maximum Gasteiger partial charge on any atom is 0.219 e. The first-order valence-corrected chi connectivity index (χ1v) is 7.15. The van der Waals surface area contributed by atoms with Crippen molar-refractivity contribution in [3.05, 3.63) is 52.4 Å². The topological polar surface area (TPSA) is 34.1 Å². The molecule has 5 heteroatoms. The predicted molar refractivity (Wildman–Crippen MR) is 80.4 cm³/mol. The van der Waals surface area contributed by atoms with E-state index in [0.717, 1.165) is 16.6 Å². The van der Waals surface area contributed by atoms with Gasteiger partial charge in [0.15, 0.2) is 11.6 Å². The predicted octanol–water partition coefficient (Wildman–Crippen LogP) is 4.27. The van der Waals surface area contributed by atoms with Crippen LogP contribution in [-0.4, -0.2) is 11.0 Å². The van der Waals surface area contributed by atoms with Gasteiger partial charge in [0, 0.05) is 29.3 Å². The van der Waals surface area contributed by atoms with Crippen LogP contribution in [0.1, 0.15) is 19.4 Å². The molecule has 0 atom stereocenters. The van der Waals surface area contributed by atoms with E-state index >= 15 is 0 Å². The van der Waals surface area contributed by atoms with Gasteiger partial charge in [-0.2, -0.15) is 0 Å². The van der Waals surface area contributed by atoms with Gasteiger partial charge in [-0.15, -0.1) is 0 Å². The molecule has 0 saturated heterocycles. The molecule has 1 aromatic carbocycles. The minimum atomic E-state index is -0.416. The minimum absolute atomic E-state index is 0.153. The molecule has 0 bridgehead atoms. The Bertz CT molecular complexity index is 573. The van der Waals surface area contributed by atoms with E-state index in [0.29, 0.717) is 11.9 Å². The largest absolute Gasteiger partial charge is 0.436 e. The van der Waals surface area contributed by atoms with Crippen LogP contribution in [0, 0.1) is 5.82 Å². The number of aromatic nitrogens is 1. The number of pyridine rings is 1. The fourth-order valence-corrected chi connectivity index (χ4v) is 1.91. The molecule has 3 nitrogen and oxygen atoms in total. The summed E-state index contributed by atoms with van der Waals surface area (Å²) in [5.74, 6) is 0.107. The summed E-state index contributed by atoms with van der Waals surface area (Å²) in [5.41, 5.74) is 1.06. The molecular formula is C15H16BrFN2O. The molecule has 0 aliphatic heterocycles. The molecule has 0 fully saturated rings. The normalized spacial score (nSPS) is 10.8. The zero-order chi connectivity index (χ0) is 14.5. The lowest BCUT2D eigenvalue weighted by Gasteiger charge is -2.09. The van der Waals surface area contributed by atoms with Gasteiger partial charge >= 0.3 is 0 Å². The molecule has 0 amide bonds. The van der Waals surface area contributed by atoms with E-state index in [1.54, 1.807) is 24.4 Å². The van der Waals surface area contributed by atoms with Gasteiger partial charge in [0.25, 0.3) is 0 Å². The van der Waals surface area contributed by atoms with E-state index < -0.39 is 5.82 Å². The quantitative estimate of drug-likeness (QED) is 0.883. The Kier molecular flexibility index (Phi) is 5.09. The van der Waals surface area contributed by atoms with E-state index in [4.69, 9.17) is 4.74 Å². The van der Waals surface area contributed by atoms with Crippen molar-refractivity contribution in [3.63, 3.8) is 0 Å². The summed E-state index contributed by atoms with van der Waals surface area (Å²) >= 11 is 3.28. The molecule has 0 radical (unpaired) electrons. The molecule has 0 aliphatic carbocycles. The summed E-state index contributed by atoms with van der Waals surface area (Å²) in [4.78, 5) is 4.18. The Morgan fingerprint density at radius 3 is 2.75 bits per heavy atom. The van der Waals surface area contributed by atoms with Crippen LogP contribution < -0.4 is 10.1 Å². The van der Waals surface area contributed by atoms with Crippen LogP contribution >= 0.6 is 15.9 Å². The zero-order valence-electron chi connectivity index (χ0n) is 11.4. The average Bonchev–Trinajstić information content (AvgIpc) is 2.42. The molecule has 0 unspecified atom stereocenters. The molecule has 1 aromatic heterocycles. The van der Waals surface area contributed by atoms with Crippen molar-refractivity contribution in [2.24, 2.45) is 0 Å². The second kappa shape index (κ2) is 6.81. The molecule has 106 valence electrons. The highest BCUT2D eigenvalue weighted by Crippen LogP contribution is 2.26. The molecule has 2 aromatic rings. The van der Waals surface area contributed by atoms with Crippen LogP contribution in [-0.2, 0) is 6.54 Å². The van der Waals surface area contributed by atoms with Gasteiger partial charge in [0.2, 0.25) is 5.88 Å². The monoisotopic (exact) mass is 338 g/mol. The van der Waals surface area contributed by atoms with Crippen LogP contribution in [0.5, 0.6) is 11.6 Å². The summed E-state index contributed by atoms with van der Waals surface area (Å²) in [6, 6.07) is 8.61. The van der Waals surface area contributed by atoms with Gasteiger partial charge in [-0.1, -0.05) is 35.8 Å². The first-order chi connectivity index (χ1) is 9.54. The standard InChI is InChI=1S/C15H16BrFN2O/c1-10(2)18-8-11-3-6-15(19-9-11)20-14-7-12(16)4-5-13(14)17/h3-7,9-10,18H,8H2,1-2H3. The molecule has 0 saturated carbocycles. The maximum absolute atomic E-state index is 13.6. The maximum atomic E-state index is 13.6. The van der Waals surface area contributed by atoms with Gasteiger partial charge < -0.3 is 10.1 Å². The van der Waals surface area contributed by atoms with Crippen molar-refractivity contribution < 1.29 is 9.13 Å². The van der Waals surface area contributed by atoms with Crippen molar-refractivity contribution in [3.8, 4) is 11.6 Å². The Morgan fingerprint density at radius 2 is 2.10 bits per heavy atom. The van der Waals surface area contributed by atoms with Gasteiger partial charge in [-0.3, -0.25) is 0 Å². The van der Waals surface area contributed by atoms with Gasteiger partial charge in [0.1, 0.15) is 0 Å². The third kappa shape index (κ3) is 4.28. The van der Waals surface area contributed by atoms with Crippen LogP contribution in [0.25, 0.3) is 0 Å². The summed E-state index contributed by atoms with van der Waals surface area (Å²) in [7, 11) is 0. The highest BCUT2D eigenvalue weighted by Gasteiger charge is 2.06. The molecule has 1 heterocycles. The summed E-state index contributed by atoms with van der Waals surface area (Å²) in [5, 5.41) is 3.30. The zero-order valence-corrected chi connectivity index (χ0v) is 12.9. The van der Waals surface area contributed by atoms with Crippen molar-refractivity contribution in [1.82, 2.24) is 10.3 Å². The van der Waals surface area contributed by atoms with Crippen molar-refractivity contribution in [2.45, 2.75) is 26.4 Å². The third-order valence-electron chi connectivity index (χ3n) is 2.62. The molecule has 0 spiro atoms. The summed E-state index contributed by atoms with van der Waals surface area (Å²) < 4.78 is 19.8. The fourth-order valence-electron chi connectivity index (χ4n) is 1.57. The summed E-state index contributed by atoms with van der Waals surface area (Å²) in [6.07, 6.45) is 1.72. The Balaban J connectivity index is 2.05. The van der Waals surface area contributed by atoms with Gasteiger partial charge in [-0.05, 0) is 23.8 Å². The number of hydrogen-bond acceptors (Lipinski definition) is 3. The first kappa shape index (κ1) is 14.9. The van der Waals surface area contributed by atoms with E-state index in [-0.39, 0.29) is 5.75 Å². The van der Waals surface area contributed by atoms with E-state index in [1.807, 2.05) is 6.07 Å². The highest BCUT2D eigenvalue weighted by atomic mass is 79.9.